The molecule has 2 aromatic carbocycles. The Morgan fingerprint density at radius 3 is 2.38 bits per heavy atom. The molecule has 29 heavy (non-hydrogen) atoms. The van der Waals surface area contributed by atoms with E-state index in [9.17, 15) is 9.59 Å². The first-order valence-electron chi connectivity index (χ1n) is 9.85. The van der Waals surface area contributed by atoms with Crippen molar-refractivity contribution in [3.63, 3.8) is 0 Å². The molecule has 0 unspecified atom stereocenters. The number of rotatable bonds is 7. The Kier molecular flexibility index (Phi) is 5.71. The second-order valence-electron chi connectivity index (χ2n) is 7.23. The van der Waals surface area contributed by atoms with Gasteiger partial charge in [-0.1, -0.05) is 43.3 Å². The van der Waals surface area contributed by atoms with E-state index in [4.69, 9.17) is 0 Å². The quantitative estimate of drug-likeness (QED) is 0.601. The van der Waals surface area contributed by atoms with E-state index in [1.165, 1.54) is 16.9 Å². The monoisotopic (exact) mass is 405 g/mol. The van der Waals surface area contributed by atoms with Crippen LogP contribution in [0.1, 0.15) is 41.4 Å². The molecule has 1 aliphatic rings. The fourth-order valence-corrected chi connectivity index (χ4v) is 3.77. The molecular formula is C23H23N3O2S. The third-order valence-electron chi connectivity index (χ3n) is 4.97. The Morgan fingerprint density at radius 1 is 1.03 bits per heavy atom. The number of benzene rings is 2. The predicted molar refractivity (Wildman–Crippen MR) is 116 cm³/mol. The van der Waals surface area contributed by atoms with Gasteiger partial charge in [0.25, 0.3) is 5.91 Å². The van der Waals surface area contributed by atoms with Crippen molar-refractivity contribution in [2.45, 2.75) is 32.7 Å². The van der Waals surface area contributed by atoms with Gasteiger partial charge < -0.3 is 10.6 Å². The lowest BCUT2D eigenvalue weighted by atomic mass is 10.1. The average Bonchev–Trinajstić information content (AvgIpc) is 3.50. The number of hydrogen-bond donors (Lipinski definition) is 2. The van der Waals surface area contributed by atoms with E-state index in [1.807, 2.05) is 36.4 Å². The van der Waals surface area contributed by atoms with Crippen LogP contribution in [0.4, 0.5) is 5.69 Å². The fraction of sp³-hybridized carbons (Fsp3) is 0.261. The second-order valence-corrected chi connectivity index (χ2v) is 8.09. The molecule has 4 rings (SSSR count). The second kappa shape index (κ2) is 8.57. The highest BCUT2D eigenvalue weighted by Crippen LogP contribution is 2.30. The number of nitrogens with zero attached hydrogens (tertiary/aromatic N) is 1. The molecular weight excluding hydrogens is 382 g/mol. The van der Waals surface area contributed by atoms with Crippen LogP contribution in [0.5, 0.6) is 0 Å². The largest absolute Gasteiger partial charge is 0.347 e. The van der Waals surface area contributed by atoms with E-state index in [1.54, 1.807) is 5.38 Å². The molecule has 0 aliphatic heterocycles. The molecule has 1 aromatic heterocycles. The lowest BCUT2D eigenvalue weighted by Crippen LogP contribution is -2.23. The van der Waals surface area contributed by atoms with Crippen LogP contribution in [-0.2, 0) is 17.8 Å². The standard InChI is InChI=1S/C23H23N3O2S/c1-2-15-3-7-18(8-4-15)23-26-20(14-29-23)22(28)24-13-16-5-11-19(12-6-16)25-21(27)17-9-10-17/h3-8,11-12,14,17H,2,9-10,13H2,1H3,(H,24,28)(H,25,27). The van der Waals surface area contributed by atoms with Crippen molar-refractivity contribution in [2.75, 3.05) is 5.32 Å². The molecule has 1 saturated carbocycles. The van der Waals surface area contributed by atoms with Crippen LogP contribution in [0.25, 0.3) is 10.6 Å². The van der Waals surface area contributed by atoms with Gasteiger partial charge in [0.15, 0.2) is 0 Å². The summed E-state index contributed by atoms with van der Waals surface area (Å²) in [5, 5.41) is 8.44. The van der Waals surface area contributed by atoms with E-state index >= 15 is 0 Å². The van der Waals surface area contributed by atoms with Crippen LogP contribution >= 0.6 is 11.3 Å². The number of thiazole rings is 1. The minimum absolute atomic E-state index is 0.0923. The van der Waals surface area contributed by atoms with Crippen LogP contribution in [-0.4, -0.2) is 16.8 Å². The topological polar surface area (TPSA) is 71.1 Å². The first kappa shape index (κ1) is 19.3. The highest BCUT2D eigenvalue weighted by molar-refractivity contribution is 7.13. The van der Waals surface area contributed by atoms with Gasteiger partial charge in [0, 0.05) is 29.1 Å². The molecule has 148 valence electrons. The lowest BCUT2D eigenvalue weighted by Gasteiger charge is -2.07. The maximum absolute atomic E-state index is 12.4. The zero-order valence-corrected chi connectivity index (χ0v) is 17.1. The molecule has 6 heteroatoms. The molecule has 1 aliphatic carbocycles. The molecule has 0 saturated heterocycles. The summed E-state index contributed by atoms with van der Waals surface area (Å²) in [5.74, 6) is 0.0834. The van der Waals surface area contributed by atoms with Crippen molar-refractivity contribution in [1.29, 1.82) is 0 Å². The molecule has 3 aromatic rings. The highest BCUT2D eigenvalue weighted by atomic mass is 32.1. The van der Waals surface area contributed by atoms with Crippen molar-refractivity contribution in [3.8, 4) is 10.6 Å². The Hall–Kier alpha value is -2.99. The van der Waals surface area contributed by atoms with Crippen LogP contribution in [0, 0.1) is 5.92 Å². The molecule has 2 amide bonds. The Balaban J connectivity index is 1.32. The number of nitrogens with one attached hydrogen (secondary N) is 2. The summed E-state index contributed by atoms with van der Waals surface area (Å²) in [7, 11) is 0. The fourth-order valence-electron chi connectivity index (χ4n) is 2.96. The van der Waals surface area contributed by atoms with Crippen molar-refractivity contribution < 1.29 is 9.59 Å². The molecule has 1 fully saturated rings. The van der Waals surface area contributed by atoms with Gasteiger partial charge in [-0.25, -0.2) is 4.98 Å². The first-order chi connectivity index (χ1) is 14.1. The molecule has 5 nitrogen and oxygen atoms in total. The van der Waals surface area contributed by atoms with Crippen LogP contribution < -0.4 is 10.6 Å². The van der Waals surface area contributed by atoms with Gasteiger partial charge in [-0.2, -0.15) is 0 Å². The van der Waals surface area contributed by atoms with Gasteiger partial charge in [0.2, 0.25) is 5.91 Å². The van der Waals surface area contributed by atoms with E-state index in [0.717, 1.165) is 41.1 Å². The van der Waals surface area contributed by atoms with Gasteiger partial charge in [-0.3, -0.25) is 9.59 Å². The number of hydrogen-bond acceptors (Lipinski definition) is 4. The summed E-state index contributed by atoms with van der Waals surface area (Å²) in [4.78, 5) is 28.7. The smallest absolute Gasteiger partial charge is 0.271 e. The minimum atomic E-state index is -0.191. The third-order valence-corrected chi connectivity index (χ3v) is 5.86. The normalized spacial score (nSPS) is 13.1. The number of aryl methyl sites for hydroxylation is 1. The highest BCUT2D eigenvalue weighted by Gasteiger charge is 2.29. The maximum Gasteiger partial charge on any atom is 0.271 e. The average molecular weight is 406 g/mol. The Morgan fingerprint density at radius 2 is 1.72 bits per heavy atom. The number of anilines is 1. The van der Waals surface area contributed by atoms with Crippen LogP contribution in [0.2, 0.25) is 0 Å². The maximum atomic E-state index is 12.4. The van der Waals surface area contributed by atoms with Gasteiger partial charge in [-0.15, -0.1) is 11.3 Å². The van der Waals surface area contributed by atoms with E-state index in [-0.39, 0.29) is 17.7 Å². The summed E-state index contributed by atoms with van der Waals surface area (Å²) in [5.41, 5.74) is 4.48. The SMILES string of the molecule is CCc1ccc(-c2nc(C(=O)NCc3ccc(NC(=O)C4CC4)cc3)cs2)cc1. The molecule has 0 bridgehead atoms. The molecule has 0 atom stereocenters. The van der Waals surface area contributed by atoms with Crippen molar-refractivity contribution in [3.05, 3.63) is 70.7 Å². The summed E-state index contributed by atoms with van der Waals surface area (Å²) >= 11 is 1.47. The van der Waals surface area contributed by atoms with Crippen molar-refractivity contribution in [2.24, 2.45) is 5.92 Å². The Bertz CT molecular complexity index is 1010. The number of amides is 2. The van der Waals surface area contributed by atoms with Gasteiger partial charge in [0.05, 0.1) is 0 Å². The van der Waals surface area contributed by atoms with Crippen LogP contribution in [0.3, 0.4) is 0 Å². The van der Waals surface area contributed by atoms with E-state index in [0.29, 0.717) is 12.2 Å². The number of carbonyl (C=O) groups is 2. The molecule has 0 radical (unpaired) electrons. The predicted octanol–water partition coefficient (Wildman–Crippen LogP) is 4.65. The number of carbonyl (C=O) groups excluding carboxylic acids is 2. The summed E-state index contributed by atoms with van der Waals surface area (Å²) in [6.07, 6.45) is 2.97. The zero-order valence-electron chi connectivity index (χ0n) is 16.3. The van der Waals surface area contributed by atoms with Crippen LogP contribution in [0.15, 0.2) is 53.9 Å². The number of aromatic nitrogens is 1. The third kappa shape index (κ3) is 4.90. The van der Waals surface area contributed by atoms with E-state index < -0.39 is 0 Å². The molecule has 0 spiro atoms. The Labute approximate surface area is 174 Å². The molecule has 1 heterocycles. The van der Waals surface area contributed by atoms with Gasteiger partial charge in [-0.05, 0) is 42.5 Å². The minimum Gasteiger partial charge on any atom is -0.347 e. The summed E-state index contributed by atoms with van der Waals surface area (Å²) < 4.78 is 0. The van der Waals surface area contributed by atoms with Crippen molar-refractivity contribution in [1.82, 2.24) is 10.3 Å². The lowest BCUT2D eigenvalue weighted by molar-refractivity contribution is -0.117. The first-order valence-corrected chi connectivity index (χ1v) is 10.7. The van der Waals surface area contributed by atoms with Gasteiger partial charge >= 0.3 is 0 Å². The van der Waals surface area contributed by atoms with Gasteiger partial charge in [0.1, 0.15) is 10.7 Å². The van der Waals surface area contributed by atoms with E-state index in [2.05, 4.69) is 34.7 Å². The van der Waals surface area contributed by atoms with Crippen molar-refractivity contribution >= 4 is 28.8 Å². The summed E-state index contributed by atoms with van der Waals surface area (Å²) in [6.45, 7) is 2.53. The zero-order chi connectivity index (χ0) is 20.2. The summed E-state index contributed by atoms with van der Waals surface area (Å²) in [6, 6.07) is 15.8. The molecule has 2 N–H and O–H groups in total.